The first-order valence-corrected chi connectivity index (χ1v) is 6.79. The van der Waals surface area contributed by atoms with E-state index >= 15 is 0 Å². The molecule has 0 saturated heterocycles. The number of fused-ring (bicyclic) bond motifs is 1. The molecule has 0 heteroatoms. The molecule has 0 atom stereocenters. The highest BCUT2D eigenvalue weighted by atomic mass is 14.0. The minimum Gasteiger partial charge on any atom is -0.120 e. The van der Waals surface area contributed by atoms with E-state index in [9.17, 15) is 0 Å². The summed E-state index contributed by atoms with van der Waals surface area (Å²) < 4.78 is 0. The van der Waals surface area contributed by atoms with E-state index in [2.05, 4.69) is 79.4 Å². The largest absolute Gasteiger partial charge is 0.120 e. The van der Waals surface area contributed by atoms with Crippen LogP contribution >= 0.6 is 0 Å². The lowest BCUT2D eigenvalue weighted by Crippen LogP contribution is -1.76. The number of hydrogen-bond donors (Lipinski definition) is 0. The van der Waals surface area contributed by atoms with Gasteiger partial charge in [0.2, 0.25) is 0 Å². The van der Waals surface area contributed by atoms with Gasteiger partial charge in [-0.25, -0.2) is 0 Å². The lowest BCUT2D eigenvalue weighted by molar-refractivity contribution is 1.53. The van der Waals surface area contributed by atoms with E-state index in [0.717, 1.165) is 5.57 Å². The van der Waals surface area contributed by atoms with E-state index in [1.54, 1.807) is 0 Å². The average molecular weight is 256 g/mol. The van der Waals surface area contributed by atoms with Crippen LogP contribution in [0.25, 0.3) is 16.8 Å². The van der Waals surface area contributed by atoms with Crippen LogP contribution in [-0.2, 0) is 0 Å². The Morgan fingerprint density at radius 1 is 0.850 bits per heavy atom. The standard InChI is InChI=1S/C20H16/c1-16-5-4-6-17(10-9-16)11-12-18-13-14-19-7-2-3-8-20(19)15-18/h2-3,5-15H,1H3/b12-11+. The van der Waals surface area contributed by atoms with Gasteiger partial charge in [-0.15, -0.1) is 5.73 Å². The van der Waals surface area contributed by atoms with Gasteiger partial charge in [-0.3, -0.25) is 0 Å². The molecule has 0 saturated carbocycles. The van der Waals surface area contributed by atoms with Crippen LogP contribution in [0.2, 0.25) is 0 Å². The fourth-order valence-corrected chi connectivity index (χ4v) is 2.20. The van der Waals surface area contributed by atoms with Gasteiger partial charge in [-0.05, 0) is 52.6 Å². The van der Waals surface area contributed by atoms with Crippen LogP contribution in [0.3, 0.4) is 0 Å². The SMILES string of the molecule is CC1=CC=C(/C=C/c2ccc3ccccc3c2)C=C=C1. The van der Waals surface area contributed by atoms with Crippen LogP contribution in [0, 0.1) is 0 Å². The summed E-state index contributed by atoms with van der Waals surface area (Å²) in [5.41, 5.74) is 6.77. The second kappa shape index (κ2) is 5.61. The highest BCUT2D eigenvalue weighted by Gasteiger charge is 1.94. The van der Waals surface area contributed by atoms with E-state index in [-0.39, 0.29) is 0 Å². The molecule has 3 rings (SSSR count). The van der Waals surface area contributed by atoms with Crippen molar-refractivity contribution in [3.63, 3.8) is 0 Å². The van der Waals surface area contributed by atoms with Crippen molar-refractivity contribution in [1.82, 2.24) is 0 Å². The Labute approximate surface area is 119 Å². The number of benzene rings is 2. The van der Waals surface area contributed by atoms with Crippen molar-refractivity contribution in [1.29, 1.82) is 0 Å². The summed E-state index contributed by atoms with van der Waals surface area (Å²) in [4.78, 5) is 0. The summed E-state index contributed by atoms with van der Waals surface area (Å²) in [7, 11) is 0. The molecule has 0 fully saturated rings. The van der Waals surface area contributed by atoms with Gasteiger partial charge in [-0.1, -0.05) is 60.7 Å². The third-order valence-electron chi connectivity index (χ3n) is 3.34. The van der Waals surface area contributed by atoms with Crippen LogP contribution in [0.1, 0.15) is 12.5 Å². The van der Waals surface area contributed by atoms with Crippen molar-refractivity contribution < 1.29 is 0 Å². The topological polar surface area (TPSA) is 0 Å². The molecule has 96 valence electrons. The monoisotopic (exact) mass is 256 g/mol. The second-order valence-electron chi connectivity index (χ2n) is 4.97. The molecule has 0 aromatic heterocycles. The van der Waals surface area contributed by atoms with E-state index in [1.807, 2.05) is 12.2 Å². The summed E-state index contributed by atoms with van der Waals surface area (Å²) in [5.74, 6) is 0. The maximum Gasteiger partial charge on any atom is -0.0127 e. The summed E-state index contributed by atoms with van der Waals surface area (Å²) >= 11 is 0. The minimum absolute atomic E-state index is 1.16. The molecular formula is C20H16. The van der Waals surface area contributed by atoms with Crippen molar-refractivity contribution in [2.24, 2.45) is 0 Å². The predicted octanol–water partition coefficient (Wildman–Crippen LogP) is 5.45. The first-order valence-electron chi connectivity index (χ1n) is 6.79. The van der Waals surface area contributed by atoms with Crippen LogP contribution in [0.4, 0.5) is 0 Å². The second-order valence-corrected chi connectivity index (χ2v) is 4.97. The van der Waals surface area contributed by atoms with Gasteiger partial charge in [0.25, 0.3) is 0 Å². The lowest BCUT2D eigenvalue weighted by Gasteiger charge is -1.99. The third-order valence-corrected chi connectivity index (χ3v) is 3.34. The quantitative estimate of drug-likeness (QED) is 0.627. The van der Waals surface area contributed by atoms with E-state index in [1.165, 1.54) is 21.9 Å². The summed E-state index contributed by atoms with van der Waals surface area (Å²) in [5, 5.41) is 2.55. The van der Waals surface area contributed by atoms with Gasteiger partial charge in [0, 0.05) is 0 Å². The van der Waals surface area contributed by atoms with Crippen molar-refractivity contribution in [2.75, 3.05) is 0 Å². The van der Waals surface area contributed by atoms with Crippen LogP contribution in [-0.4, -0.2) is 0 Å². The molecule has 20 heavy (non-hydrogen) atoms. The Balaban J connectivity index is 1.89. The van der Waals surface area contributed by atoms with Crippen molar-refractivity contribution in [3.8, 4) is 0 Å². The Morgan fingerprint density at radius 3 is 2.60 bits per heavy atom. The number of rotatable bonds is 2. The third kappa shape index (κ3) is 2.88. The molecule has 0 spiro atoms. The Kier molecular flexibility index (Phi) is 3.50. The van der Waals surface area contributed by atoms with E-state index in [4.69, 9.17) is 0 Å². The molecule has 1 aliphatic carbocycles. The molecule has 0 aliphatic heterocycles. The first kappa shape index (κ1) is 12.5. The summed E-state index contributed by atoms with van der Waals surface area (Å²) in [6.45, 7) is 2.08. The fourth-order valence-electron chi connectivity index (χ4n) is 2.20. The molecule has 1 aliphatic rings. The molecule has 0 heterocycles. The smallest absolute Gasteiger partial charge is 0.0127 e. The fraction of sp³-hybridized carbons (Fsp3) is 0.0500. The van der Waals surface area contributed by atoms with Gasteiger partial charge in [0.1, 0.15) is 0 Å². The van der Waals surface area contributed by atoms with Gasteiger partial charge in [0.15, 0.2) is 0 Å². The zero-order valence-corrected chi connectivity index (χ0v) is 11.5. The van der Waals surface area contributed by atoms with E-state index < -0.39 is 0 Å². The molecule has 0 unspecified atom stereocenters. The zero-order valence-electron chi connectivity index (χ0n) is 11.5. The molecular weight excluding hydrogens is 240 g/mol. The van der Waals surface area contributed by atoms with Gasteiger partial charge in [0.05, 0.1) is 0 Å². The average Bonchev–Trinajstić information content (AvgIpc) is 2.69. The van der Waals surface area contributed by atoms with Crippen LogP contribution in [0.5, 0.6) is 0 Å². The van der Waals surface area contributed by atoms with E-state index in [0.29, 0.717) is 0 Å². The first-order chi connectivity index (χ1) is 9.81. The van der Waals surface area contributed by atoms with Crippen molar-refractivity contribution >= 4 is 16.8 Å². The molecule has 0 N–H and O–H groups in total. The predicted molar refractivity (Wildman–Crippen MR) is 87.5 cm³/mol. The molecule has 0 amide bonds. The van der Waals surface area contributed by atoms with Crippen LogP contribution < -0.4 is 0 Å². The molecule has 0 nitrogen and oxygen atoms in total. The molecule has 0 radical (unpaired) electrons. The van der Waals surface area contributed by atoms with Gasteiger partial charge in [-0.2, -0.15) is 0 Å². The Hall–Kier alpha value is -2.56. The number of allylic oxidation sites excluding steroid dienone is 6. The lowest BCUT2D eigenvalue weighted by atomic mass is 10.1. The summed E-state index contributed by atoms with van der Waals surface area (Å²) in [6.07, 6.45) is 12.5. The maximum atomic E-state index is 3.18. The molecule has 0 bridgehead atoms. The minimum atomic E-state index is 1.16. The Bertz CT molecular complexity index is 792. The Morgan fingerprint density at radius 2 is 1.70 bits per heavy atom. The normalized spacial score (nSPS) is 14.4. The van der Waals surface area contributed by atoms with Crippen molar-refractivity contribution in [2.45, 2.75) is 6.92 Å². The summed E-state index contributed by atoms with van der Waals surface area (Å²) in [6, 6.07) is 14.9. The van der Waals surface area contributed by atoms with Crippen LogP contribution in [0.15, 0.2) is 89.7 Å². The number of hydrogen-bond acceptors (Lipinski definition) is 0. The molecule has 2 aromatic rings. The zero-order chi connectivity index (χ0) is 13.8. The van der Waals surface area contributed by atoms with Crippen molar-refractivity contribution in [3.05, 3.63) is 95.3 Å². The molecule has 2 aromatic carbocycles. The van der Waals surface area contributed by atoms with Gasteiger partial charge >= 0.3 is 0 Å². The highest BCUT2D eigenvalue weighted by molar-refractivity contribution is 5.84. The maximum absolute atomic E-state index is 3.18. The van der Waals surface area contributed by atoms with Gasteiger partial charge < -0.3 is 0 Å². The highest BCUT2D eigenvalue weighted by Crippen LogP contribution is 2.17.